The lowest BCUT2D eigenvalue weighted by Crippen LogP contribution is -2.34. The van der Waals surface area contributed by atoms with Crippen molar-refractivity contribution in [3.05, 3.63) is 24.3 Å². The monoisotopic (exact) mass is 279 g/mol. The average Bonchev–Trinajstić information content (AvgIpc) is 2.81. The van der Waals surface area contributed by atoms with Crippen LogP contribution >= 0.6 is 0 Å². The third-order valence-corrected chi connectivity index (χ3v) is 3.24. The summed E-state index contributed by atoms with van der Waals surface area (Å²) in [6.07, 6.45) is 0. The number of rotatable bonds is 7. The van der Waals surface area contributed by atoms with Gasteiger partial charge in [0.15, 0.2) is 0 Å². The molecule has 1 aliphatic heterocycles. The molecule has 0 spiro atoms. The number of urea groups is 1. The van der Waals surface area contributed by atoms with E-state index in [0.29, 0.717) is 38.6 Å². The SMILES string of the molecule is COCCOCCN1CCN(c2ccc(N)cc2)C1=O. The van der Waals surface area contributed by atoms with Crippen LogP contribution in [0.1, 0.15) is 0 Å². The van der Waals surface area contributed by atoms with Gasteiger partial charge in [0.2, 0.25) is 0 Å². The maximum atomic E-state index is 12.3. The first-order chi connectivity index (χ1) is 9.72. The van der Waals surface area contributed by atoms with Crippen LogP contribution in [-0.2, 0) is 9.47 Å². The molecule has 6 nitrogen and oxygen atoms in total. The first kappa shape index (κ1) is 14.6. The van der Waals surface area contributed by atoms with Crippen molar-refractivity contribution >= 4 is 17.4 Å². The summed E-state index contributed by atoms with van der Waals surface area (Å²) in [4.78, 5) is 15.8. The van der Waals surface area contributed by atoms with Crippen LogP contribution in [-0.4, -0.2) is 57.5 Å². The van der Waals surface area contributed by atoms with Crippen molar-refractivity contribution in [2.24, 2.45) is 0 Å². The Balaban J connectivity index is 1.81. The number of amides is 2. The third kappa shape index (κ3) is 3.61. The number of hydrogen-bond acceptors (Lipinski definition) is 4. The zero-order valence-corrected chi connectivity index (χ0v) is 11.7. The number of anilines is 2. The number of carbonyl (C=O) groups excluding carboxylic acids is 1. The van der Waals surface area contributed by atoms with Gasteiger partial charge >= 0.3 is 6.03 Å². The van der Waals surface area contributed by atoms with Gasteiger partial charge in [-0.1, -0.05) is 0 Å². The van der Waals surface area contributed by atoms with Crippen LogP contribution in [0.2, 0.25) is 0 Å². The normalized spacial score (nSPS) is 15.2. The summed E-state index contributed by atoms with van der Waals surface area (Å²) in [6, 6.07) is 7.36. The number of nitrogens with zero attached hydrogens (tertiary/aromatic N) is 2. The van der Waals surface area contributed by atoms with Crippen molar-refractivity contribution in [2.45, 2.75) is 0 Å². The number of nitrogens with two attached hydrogens (primary N) is 1. The van der Waals surface area contributed by atoms with Crippen LogP contribution in [0, 0.1) is 0 Å². The Bertz CT molecular complexity index is 436. The quantitative estimate of drug-likeness (QED) is 0.601. The van der Waals surface area contributed by atoms with E-state index in [-0.39, 0.29) is 6.03 Å². The van der Waals surface area contributed by atoms with Gasteiger partial charge in [-0.2, -0.15) is 0 Å². The molecule has 2 amide bonds. The van der Waals surface area contributed by atoms with E-state index < -0.39 is 0 Å². The van der Waals surface area contributed by atoms with E-state index in [4.69, 9.17) is 15.2 Å². The molecule has 1 aromatic rings. The fourth-order valence-corrected chi connectivity index (χ4v) is 2.10. The molecule has 6 heteroatoms. The summed E-state index contributed by atoms with van der Waals surface area (Å²) in [5.41, 5.74) is 7.23. The molecule has 0 aliphatic carbocycles. The van der Waals surface area contributed by atoms with E-state index in [0.717, 1.165) is 12.2 Å². The lowest BCUT2D eigenvalue weighted by Gasteiger charge is -2.18. The minimum absolute atomic E-state index is 0.0186. The molecule has 0 radical (unpaired) electrons. The first-order valence-electron chi connectivity index (χ1n) is 6.71. The number of carbonyl (C=O) groups is 1. The maximum absolute atomic E-state index is 12.3. The van der Waals surface area contributed by atoms with E-state index in [1.54, 1.807) is 29.0 Å². The summed E-state index contributed by atoms with van der Waals surface area (Å²) in [5.74, 6) is 0. The van der Waals surface area contributed by atoms with E-state index in [9.17, 15) is 4.79 Å². The molecule has 0 bridgehead atoms. The molecule has 0 atom stereocenters. The second-order valence-corrected chi connectivity index (χ2v) is 4.62. The highest BCUT2D eigenvalue weighted by Gasteiger charge is 2.28. The Kier molecular flexibility index (Phi) is 5.20. The molecule has 1 aromatic carbocycles. The average molecular weight is 279 g/mol. The molecule has 1 saturated heterocycles. The standard InChI is InChI=1S/C14H21N3O3/c1-19-10-11-20-9-8-16-6-7-17(14(16)18)13-4-2-12(15)3-5-13/h2-5H,6-11,15H2,1H3. The first-order valence-corrected chi connectivity index (χ1v) is 6.71. The largest absolute Gasteiger partial charge is 0.399 e. The van der Waals surface area contributed by atoms with Gasteiger partial charge in [0.05, 0.1) is 19.8 Å². The Morgan fingerprint density at radius 2 is 1.90 bits per heavy atom. The van der Waals surface area contributed by atoms with Gasteiger partial charge in [-0.3, -0.25) is 4.90 Å². The van der Waals surface area contributed by atoms with Crippen LogP contribution in [0.3, 0.4) is 0 Å². The van der Waals surface area contributed by atoms with Gasteiger partial charge in [0.25, 0.3) is 0 Å². The van der Waals surface area contributed by atoms with Crippen LogP contribution in [0.4, 0.5) is 16.2 Å². The molecule has 20 heavy (non-hydrogen) atoms. The highest BCUT2D eigenvalue weighted by molar-refractivity contribution is 5.94. The fourth-order valence-electron chi connectivity index (χ4n) is 2.10. The minimum atomic E-state index is 0.0186. The van der Waals surface area contributed by atoms with Crippen LogP contribution in [0.5, 0.6) is 0 Å². The van der Waals surface area contributed by atoms with Gasteiger partial charge in [-0.15, -0.1) is 0 Å². The highest BCUT2D eigenvalue weighted by atomic mass is 16.5. The molecule has 0 unspecified atom stereocenters. The molecular weight excluding hydrogens is 258 g/mol. The Labute approximate surface area is 119 Å². The number of ether oxygens (including phenoxy) is 2. The molecule has 1 fully saturated rings. The van der Waals surface area contributed by atoms with Gasteiger partial charge in [-0.25, -0.2) is 4.79 Å². The summed E-state index contributed by atoms with van der Waals surface area (Å²) in [5, 5.41) is 0. The van der Waals surface area contributed by atoms with Crippen molar-refractivity contribution in [3.63, 3.8) is 0 Å². The smallest absolute Gasteiger partial charge is 0.324 e. The van der Waals surface area contributed by atoms with Crippen molar-refractivity contribution < 1.29 is 14.3 Å². The fraction of sp³-hybridized carbons (Fsp3) is 0.500. The molecule has 2 N–H and O–H groups in total. The van der Waals surface area contributed by atoms with E-state index >= 15 is 0 Å². The second kappa shape index (κ2) is 7.12. The molecule has 1 heterocycles. The van der Waals surface area contributed by atoms with E-state index in [1.165, 1.54) is 0 Å². The Morgan fingerprint density at radius 1 is 1.15 bits per heavy atom. The molecule has 1 aliphatic rings. The molecular formula is C14H21N3O3. The lowest BCUT2D eigenvalue weighted by atomic mass is 10.2. The van der Waals surface area contributed by atoms with Crippen molar-refractivity contribution in [1.29, 1.82) is 0 Å². The zero-order chi connectivity index (χ0) is 14.4. The number of benzene rings is 1. The molecule has 0 saturated carbocycles. The summed E-state index contributed by atoms with van der Waals surface area (Å²) < 4.78 is 10.3. The second-order valence-electron chi connectivity index (χ2n) is 4.62. The Morgan fingerprint density at radius 3 is 2.60 bits per heavy atom. The molecule has 2 rings (SSSR count). The lowest BCUT2D eigenvalue weighted by molar-refractivity contribution is 0.0635. The summed E-state index contributed by atoms with van der Waals surface area (Å²) in [6.45, 7) is 3.68. The van der Waals surface area contributed by atoms with E-state index in [1.807, 2.05) is 12.1 Å². The van der Waals surface area contributed by atoms with Crippen molar-refractivity contribution in [1.82, 2.24) is 4.90 Å². The summed E-state index contributed by atoms with van der Waals surface area (Å²) >= 11 is 0. The van der Waals surface area contributed by atoms with Crippen molar-refractivity contribution in [2.75, 3.05) is 57.2 Å². The third-order valence-electron chi connectivity index (χ3n) is 3.24. The predicted molar refractivity (Wildman–Crippen MR) is 77.9 cm³/mol. The predicted octanol–water partition coefficient (Wildman–Crippen LogP) is 1.17. The van der Waals surface area contributed by atoms with Crippen LogP contribution < -0.4 is 10.6 Å². The number of nitrogen functional groups attached to an aromatic ring is 1. The van der Waals surface area contributed by atoms with Gasteiger partial charge in [0.1, 0.15) is 0 Å². The maximum Gasteiger partial charge on any atom is 0.324 e. The van der Waals surface area contributed by atoms with Gasteiger partial charge in [-0.05, 0) is 24.3 Å². The molecule has 0 aromatic heterocycles. The molecule has 110 valence electrons. The van der Waals surface area contributed by atoms with Crippen LogP contribution in [0.15, 0.2) is 24.3 Å². The van der Waals surface area contributed by atoms with Crippen molar-refractivity contribution in [3.8, 4) is 0 Å². The number of hydrogen-bond donors (Lipinski definition) is 1. The van der Waals surface area contributed by atoms with Gasteiger partial charge in [0, 0.05) is 38.1 Å². The van der Waals surface area contributed by atoms with E-state index in [2.05, 4.69) is 0 Å². The summed E-state index contributed by atoms with van der Waals surface area (Å²) in [7, 11) is 1.64. The minimum Gasteiger partial charge on any atom is -0.399 e. The van der Waals surface area contributed by atoms with Gasteiger partial charge < -0.3 is 20.1 Å². The zero-order valence-electron chi connectivity index (χ0n) is 11.7. The number of methoxy groups -OCH3 is 1. The highest BCUT2D eigenvalue weighted by Crippen LogP contribution is 2.21. The topological polar surface area (TPSA) is 68.0 Å². The Hall–Kier alpha value is -1.79. The van der Waals surface area contributed by atoms with Crippen LogP contribution in [0.25, 0.3) is 0 Å².